The number of nitrogens with zero attached hydrogens (tertiary/aromatic N) is 1. The Morgan fingerprint density at radius 3 is 2.36 bits per heavy atom. The van der Waals surface area contributed by atoms with Crippen LogP contribution in [0.5, 0.6) is 0 Å². The molecule has 0 radical (unpaired) electrons. The minimum Gasteiger partial charge on any atom is -0.454 e. The van der Waals surface area contributed by atoms with Crippen molar-refractivity contribution in [3.8, 4) is 22.6 Å². The summed E-state index contributed by atoms with van der Waals surface area (Å²) in [5, 5.41) is 0.980. The molecule has 0 fully saturated rings. The Balaban J connectivity index is 1.80. The molecule has 0 atom stereocenters. The fraction of sp³-hybridized carbons (Fsp3) is 0. The monoisotopic (exact) mass is 289 g/mol. The van der Waals surface area contributed by atoms with Crippen molar-refractivity contribution >= 4 is 11.0 Å². The highest BCUT2D eigenvalue weighted by Crippen LogP contribution is 2.29. The lowest BCUT2D eigenvalue weighted by Gasteiger charge is -1.99. The predicted molar refractivity (Wildman–Crippen MR) is 84.8 cm³/mol. The molecule has 0 unspecified atom stereocenters. The average Bonchev–Trinajstić information content (AvgIpc) is 2.99. The first kappa shape index (κ1) is 12.8. The van der Waals surface area contributed by atoms with Gasteiger partial charge >= 0.3 is 0 Å². The third-order valence-electron chi connectivity index (χ3n) is 3.60. The number of hydrogen-bond acceptors (Lipinski definition) is 2. The van der Waals surface area contributed by atoms with Gasteiger partial charge in [0.15, 0.2) is 5.58 Å². The standard InChI is InChI=1S/C19H12FNO/c20-16-8-6-14(7-9-16)18-11-15-10-17(21-12-19(15)22-18)13-4-2-1-3-5-13/h1-12H. The maximum absolute atomic E-state index is 13.0. The maximum atomic E-state index is 13.0. The van der Waals surface area contributed by atoms with Gasteiger partial charge in [-0.1, -0.05) is 30.3 Å². The second kappa shape index (κ2) is 5.11. The van der Waals surface area contributed by atoms with Crippen LogP contribution in [0.2, 0.25) is 0 Å². The lowest BCUT2D eigenvalue weighted by molar-refractivity contribution is 0.622. The minimum atomic E-state index is -0.257. The summed E-state index contributed by atoms with van der Waals surface area (Å²) in [6.45, 7) is 0. The average molecular weight is 289 g/mol. The van der Waals surface area contributed by atoms with Crippen LogP contribution in [0, 0.1) is 5.82 Å². The van der Waals surface area contributed by atoms with Crippen molar-refractivity contribution in [2.24, 2.45) is 0 Å². The highest BCUT2D eigenvalue weighted by Gasteiger charge is 2.08. The summed E-state index contributed by atoms with van der Waals surface area (Å²) >= 11 is 0. The molecule has 0 amide bonds. The van der Waals surface area contributed by atoms with E-state index in [9.17, 15) is 4.39 Å². The number of pyridine rings is 1. The molecule has 0 saturated heterocycles. The Kier molecular flexibility index (Phi) is 2.97. The molecule has 2 aromatic heterocycles. The number of fused-ring (bicyclic) bond motifs is 1. The van der Waals surface area contributed by atoms with Gasteiger partial charge in [-0.2, -0.15) is 0 Å². The molecule has 4 rings (SSSR count). The normalized spacial score (nSPS) is 11.0. The number of benzene rings is 2. The first-order chi connectivity index (χ1) is 10.8. The van der Waals surface area contributed by atoms with Crippen LogP contribution in [0.3, 0.4) is 0 Å². The van der Waals surface area contributed by atoms with E-state index in [-0.39, 0.29) is 5.82 Å². The SMILES string of the molecule is Fc1ccc(-c2cc3cc(-c4ccccc4)ncc3o2)cc1. The van der Waals surface area contributed by atoms with Gasteiger partial charge in [0, 0.05) is 16.5 Å². The maximum Gasteiger partial charge on any atom is 0.153 e. The molecule has 106 valence electrons. The third-order valence-corrected chi connectivity index (χ3v) is 3.60. The highest BCUT2D eigenvalue weighted by molar-refractivity contribution is 5.85. The van der Waals surface area contributed by atoms with Crippen LogP contribution < -0.4 is 0 Å². The molecule has 22 heavy (non-hydrogen) atoms. The van der Waals surface area contributed by atoms with E-state index in [0.717, 1.165) is 27.8 Å². The van der Waals surface area contributed by atoms with Crippen LogP contribution in [-0.2, 0) is 0 Å². The van der Waals surface area contributed by atoms with E-state index < -0.39 is 0 Å². The molecule has 0 aliphatic rings. The van der Waals surface area contributed by atoms with Crippen LogP contribution in [0.1, 0.15) is 0 Å². The number of rotatable bonds is 2. The van der Waals surface area contributed by atoms with Crippen molar-refractivity contribution in [2.45, 2.75) is 0 Å². The fourth-order valence-corrected chi connectivity index (χ4v) is 2.47. The van der Waals surface area contributed by atoms with Crippen molar-refractivity contribution in [3.63, 3.8) is 0 Å². The van der Waals surface area contributed by atoms with E-state index >= 15 is 0 Å². The van der Waals surface area contributed by atoms with Crippen LogP contribution >= 0.6 is 0 Å². The molecule has 2 nitrogen and oxygen atoms in total. The van der Waals surface area contributed by atoms with Gasteiger partial charge in [0.05, 0.1) is 11.9 Å². The number of halogens is 1. The van der Waals surface area contributed by atoms with Gasteiger partial charge in [-0.15, -0.1) is 0 Å². The molecule has 0 aliphatic carbocycles. The molecule has 2 heterocycles. The van der Waals surface area contributed by atoms with E-state index in [4.69, 9.17) is 4.42 Å². The summed E-state index contributed by atoms with van der Waals surface area (Å²) < 4.78 is 18.8. The van der Waals surface area contributed by atoms with E-state index in [1.807, 2.05) is 42.5 Å². The Labute approximate surface area is 126 Å². The number of hydrogen-bond donors (Lipinski definition) is 0. The molecular weight excluding hydrogens is 277 g/mol. The summed E-state index contributed by atoms with van der Waals surface area (Å²) in [6.07, 6.45) is 1.73. The predicted octanol–water partition coefficient (Wildman–Crippen LogP) is 5.30. The molecule has 0 bridgehead atoms. The zero-order chi connectivity index (χ0) is 14.9. The van der Waals surface area contributed by atoms with Crippen LogP contribution in [0.25, 0.3) is 33.6 Å². The summed E-state index contributed by atoms with van der Waals surface area (Å²) in [7, 11) is 0. The zero-order valence-electron chi connectivity index (χ0n) is 11.7. The van der Waals surface area contributed by atoms with Crippen LogP contribution in [0.4, 0.5) is 4.39 Å². The lowest BCUT2D eigenvalue weighted by atomic mass is 10.1. The van der Waals surface area contributed by atoms with Gasteiger partial charge in [0.1, 0.15) is 11.6 Å². The zero-order valence-corrected chi connectivity index (χ0v) is 11.7. The molecule has 0 aliphatic heterocycles. The molecule has 3 heteroatoms. The molecule has 0 saturated carbocycles. The topological polar surface area (TPSA) is 26.0 Å². The Hall–Kier alpha value is -2.94. The molecular formula is C19H12FNO. The summed E-state index contributed by atoms with van der Waals surface area (Å²) in [4.78, 5) is 4.44. The van der Waals surface area contributed by atoms with Crippen molar-refractivity contribution in [1.82, 2.24) is 4.98 Å². The Morgan fingerprint density at radius 2 is 1.59 bits per heavy atom. The smallest absolute Gasteiger partial charge is 0.153 e. The number of aromatic nitrogens is 1. The van der Waals surface area contributed by atoms with Gasteiger partial charge < -0.3 is 4.42 Å². The van der Waals surface area contributed by atoms with Gasteiger partial charge in [0.2, 0.25) is 0 Å². The summed E-state index contributed by atoms with van der Waals surface area (Å²) in [6, 6.07) is 20.2. The Bertz CT molecular complexity index is 927. The van der Waals surface area contributed by atoms with Crippen molar-refractivity contribution < 1.29 is 8.81 Å². The van der Waals surface area contributed by atoms with Crippen LogP contribution in [0.15, 0.2) is 77.3 Å². The third kappa shape index (κ3) is 2.27. The first-order valence-electron chi connectivity index (χ1n) is 7.00. The highest BCUT2D eigenvalue weighted by atomic mass is 19.1. The van der Waals surface area contributed by atoms with Gasteiger partial charge in [-0.25, -0.2) is 4.39 Å². The van der Waals surface area contributed by atoms with Gasteiger partial charge in [0.25, 0.3) is 0 Å². The van der Waals surface area contributed by atoms with E-state index in [0.29, 0.717) is 5.76 Å². The van der Waals surface area contributed by atoms with E-state index in [2.05, 4.69) is 4.98 Å². The molecule has 2 aromatic carbocycles. The second-order valence-corrected chi connectivity index (χ2v) is 5.09. The van der Waals surface area contributed by atoms with E-state index in [1.165, 1.54) is 12.1 Å². The van der Waals surface area contributed by atoms with Crippen molar-refractivity contribution in [3.05, 3.63) is 78.7 Å². The van der Waals surface area contributed by atoms with E-state index in [1.54, 1.807) is 18.3 Å². The molecule has 4 aromatic rings. The second-order valence-electron chi connectivity index (χ2n) is 5.09. The summed E-state index contributed by atoms with van der Waals surface area (Å²) in [5.41, 5.74) is 3.53. The largest absolute Gasteiger partial charge is 0.454 e. The summed E-state index contributed by atoms with van der Waals surface area (Å²) in [5.74, 6) is 0.454. The number of furan rings is 1. The van der Waals surface area contributed by atoms with Crippen LogP contribution in [-0.4, -0.2) is 4.98 Å². The van der Waals surface area contributed by atoms with Gasteiger partial charge in [-0.05, 0) is 36.4 Å². The van der Waals surface area contributed by atoms with Gasteiger partial charge in [-0.3, -0.25) is 4.98 Å². The van der Waals surface area contributed by atoms with Crippen molar-refractivity contribution in [2.75, 3.05) is 0 Å². The quantitative estimate of drug-likeness (QED) is 0.500. The first-order valence-corrected chi connectivity index (χ1v) is 7.00. The Morgan fingerprint density at radius 1 is 0.818 bits per heavy atom. The fourth-order valence-electron chi connectivity index (χ4n) is 2.47. The minimum absolute atomic E-state index is 0.257. The molecule has 0 spiro atoms. The molecule has 0 N–H and O–H groups in total. The lowest BCUT2D eigenvalue weighted by Crippen LogP contribution is -1.81. The van der Waals surface area contributed by atoms with Crippen molar-refractivity contribution in [1.29, 1.82) is 0 Å².